The summed E-state index contributed by atoms with van der Waals surface area (Å²) in [7, 11) is 0. The lowest BCUT2D eigenvalue weighted by atomic mass is 10.1. The van der Waals surface area contributed by atoms with Crippen LogP contribution in [0.3, 0.4) is 0 Å². The maximum absolute atomic E-state index is 5.75. The Kier molecular flexibility index (Phi) is 4.52. The van der Waals surface area contributed by atoms with E-state index in [-0.39, 0.29) is 0 Å². The molecule has 0 aliphatic rings. The van der Waals surface area contributed by atoms with E-state index in [1.807, 2.05) is 72.8 Å². The molecule has 4 N–H and O–H groups in total. The van der Waals surface area contributed by atoms with Gasteiger partial charge in [-0.25, -0.2) is 0 Å². The highest BCUT2D eigenvalue weighted by Gasteiger charge is 1.91. The van der Waals surface area contributed by atoms with Crippen molar-refractivity contribution in [1.82, 2.24) is 0 Å². The first kappa shape index (κ1) is 15.3. The topological polar surface area (TPSA) is 52.0 Å². The van der Waals surface area contributed by atoms with E-state index < -0.39 is 0 Å². The van der Waals surface area contributed by atoms with E-state index >= 15 is 0 Å². The van der Waals surface area contributed by atoms with Gasteiger partial charge in [0.25, 0.3) is 0 Å². The van der Waals surface area contributed by atoms with Crippen molar-refractivity contribution >= 4 is 11.4 Å². The summed E-state index contributed by atoms with van der Waals surface area (Å²) in [5.74, 6) is 12.5. The third-order valence-electron chi connectivity index (χ3n) is 3.36. The summed E-state index contributed by atoms with van der Waals surface area (Å²) in [4.78, 5) is 0. The van der Waals surface area contributed by atoms with E-state index in [2.05, 4.69) is 23.7 Å². The molecule has 114 valence electrons. The lowest BCUT2D eigenvalue weighted by Gasteiger charge is -1.94. The van der Waals surface area contributed by atoms with Crippen molar-refractivity contribution in [1.29, 1.82) is 0 Å². The van der Waals surface area contributed by atoms with Crippen molar-refractivity contribution < 1.29 is 0 Å². The highest BCUT2D eigenvalue weighted by atomic mass is 14.5. The van der Waals surface area contributed by atoms with Crippen LogP contribution in [0.1, 0.15) is 22.3 Å². The molecule has 0 bridgehead atoms. The first-order valence-corrected chi connectivity index (χ1v) is 7.54. The number of hydrogen-bond donors (Lipinski definition) is 2. The van der Waals surface area contributed by atoms with Crippen molar-refractivity contribution in [3.63, 3.8) is 0 Å². The van der Waals surface area contributed by atoms with Gasteiger partial charge in [-0.05, 0) is 60.7 Å². The fourth-order valence-corrected chi connectivity index (χ4v) is 2.16. The second-order valence-electron chi connectivity index (χ2n) is 5.33. The fourth-order valence-electron chi connectivity index (χ4n) is 2.16. The maximum atomic E-state index is 5.75. The van der Waals surface area contributed by atoms with Crippen molar-refractivity contribution in [2.24, 2.45) is 0 Å². The van der Waals surface area contributed by atoms with Gasteiger partial charge in [-0.2, -0.15) is 0 Å². The second kappa shape index (κ2) is 7.09. The number of nitrogens with two attached hydrogens (primary N) is 2. The average Bonchev–Trinajstić information content (AvgIpc) is 2.59. The highest BCUT2D eigenvalue weighted by Crippen LogP contribution is 2.08. The number of rotatable bonds is 0. The zero-order valence-corrected chi connectivity index (χ0v) is 13.1. The van der Waals surface area contributed by atoms with Crippen molar-refractivity contribution in [3.05, 3.63) is 95.1 Å². The molecule has 0 amide bonds. The van der Waals surface area contributed by atoms with E-state index in [9.17, 15) is 0 Å². The van der Waals surface area contributed by atoms with Crippen LogP contribution in [-0.4, -0.2) is 0 Å². The molecule has 0 unspecified atom stereocenters. The number of hydrogen-bond acceptors (Lipinski definition) is 2. The van der Waals surface area contributed by atoms with E-state index in [0.29, 0.717) is 11.4 Å². The highest BCUT2D eigenvalue weighted by molar-refractivity contribution is 5.52. The van der Waals surface area contributed by atoms with Gasteiger partial charge in [0.2, 0.25) is 0 Å². The molecule has 0 saturated heterocycles. The first-order chi connectivity index (χ1) is 11.7. The van der Waals surface area contributed by atoms with Crippen LogP contribution in [-0.2, 0) is 0 Å². The summed E-state index contributed by atoms with van der Waals surface area (Å²) in [5.41, 5.74) is 16.6. The summed E-state index contributed by atoms with van der Waals surface area (Å²) < 4.78 is 0. The van der Waals surface area contributed by atoms with Gasteiger partial charge in [0.05, 0.1) is 0 Å². The van der Waals surface area contributed by atoms with Gasteiger partial charge >= 0.3 is 0 Å². The molecule has 0 spiro atoms. The van der Waals surface area contributed by atoms with Gasteiger partial charge < -0.3 is 11.5 Å². The normalized spacial score (nSPS) is 9.33. The van der Waals surface area contributed by atoms with Crippen LogP contribution in [0.2, 0.25) is 0 Å². The van der Waals surface area contributed by atoms with Gasteiger partial charge in [0.1, 0.15) is 0 Å². The van der Waals surface area contributed by atoms with Gasteiger partial charge in [-0.1, -0.05) is 35.8 Å². The van der Waals surface area contributed by atoms with Crippen molar-refractivity contribution in [2.75, 3.05) is 11.5 Å². The van der Waals surface area contributed by atoms with Crippen molar-refractivity contribution in [3.8, 4) is 23.7 Å². The lowest BCUT2D eigenvalue weighted by molar-refractivity contribution is 1.58. The predicted molar refractivity (Wildman–Crippen MR) is 100 cm³/mol. The van der Waals surface area contributed by atoms with Crippen LogP contribution in [0.4, 0.5) is 11.4 Å². The summed E-state index contributed by atoms with van der Waals surface area (Å²) in [6.45, 7) is 0. The monoisotopic (exact) mass is 308 g/mol. The van der Waals surface area contributed by atoms with Crippen LogP contribution in [0.5, 0.6) is 0 Å². The van der Waals surface area contributed by atoms with E-state index in [1.165, 1.54) is 0 Å². The largest absolute Gasteiger partial charge is 0.399 e. The molecule has 24 heavy (non-hydrogen) atoms. The van der Waals surface area contributed by atoms with Crippen LogP contribution in [0, 0.1) is 23.7 Å². The van der Waals surface area contributed by atoms with Gasteiger partial charge in [-0.3, -0.25) is 0 Å². The second-order valence-corrected chi connectivity index (χ2v) is 5.33. The smallest absolute Gasteiger partial charge is 0.0326 e. The summed E-state index contributed by atoms with van der Waals surface area (Å²) in [6.07, 6.45) is 0. The maximum Gasteiger partial charge on any atom is 0.0326 e. The Balaban J connectivity index is 1.75. The Morgan fingerprint density at radius 1 is 0.458 bits per heavy atom. The number of anilines is 2. The Hall–Kier alpha value is -3.62. The SMILES string of the molecule is Nc1cccc(C#Cc2ccc(C#Cc3cccc(N)c3)cc2)c1. The Bertz CT molecular complexity index is 895. The van der Waals surface area contributed by atoms with E-state index in [0.717, 1.165) is 22.3 Å². The zero-order valence-electron chi connectivity index (χ0n) is 13.1. The lowest BCUT2D eigenvalue weighted by Crippen LogP contribution is -1.85. The van der Waals surface area contributed by atoms with Crippen LogP contribution < -0.4 is 11.5 Å². The van der Waals surface area contributed by atoms with Crippen molar-refractivity contribution in [2.45, 2.75) is 0 Å². The molecule has 0 aliphatic carbocycles. The molecular formula is C22H16N2. The van der Waals surface area contributed by atoms with Crippen LogP contribution in [0.25, 0.3) is 0 Å². The number of nitrogen functional groups attached to an aromatic ring is 2. The molecule has 0 aromatic heterocycles. The molecule has 0 heterocycles. The predicted octanol–water partition coefficient (Wildman–Crippen LogP) is 3.65. The average molecular weight is 308 g/mol. The summed E-state index contributed by atoms with van der Waals surface area (Å²) >= 11 is 0. The third kappa shape index (κ3) is 4.19. The molecule has 0 radical (unpaired) electrons. The van der Waals surface area contributed by atoms with E-state index in [1.54, 1.807) is 0 Å². The molecular weight excluding hydrogens is 292 g/mol. The van der Waals surface area contributed by atoms with Crippen LogP contribution >= 0.6 is 0 Å². The summed E-state index contributed by atoms with van der Waals surface area (Å²) in [5, 5.41) is 0. The first-order valence-electron chi connectivity index (χ1n) is 7.54. The molecule has 0 atom stereocenters. The molecule has 0 saturated carbocycles. The standard InChI is InChI=1S/C22H16N2/c23-21-5-1-3-19(15-21)13-11-17-7-9-18(10-8-17)12-14-20-4-2-6-22(24)16-20/h1-10,15-16H,23-24H2. The van der Waals surface area contributed by atoms with Crippen LogP contribution in [0.15, 0.2) is 72.8 Å². The zero-order chi connectivity index (χ0) is 16.8. The minimum atomic E-state index is 0.717. The molecule has 0 fully saturated rings. The minimum absolute atomic E-state index is 0.717. The Morgan fingerprint density at radius 2 is 0.833 bits per heavy atom. The summed E-state index contributed by atoms with van der Waals surface area (Å²) in [6, 6.07) is 22.9. The fraction of sp³-hybridized carbons (Fsp3) is 0. The third-order valence-corrected chi connectivity index (χ3v) is 3.36. The number of benzene rings is 3. The molecule has 2 heteroatoms. The quantitative estimate of drug-likeness (QED) is 0.492. The Labute approximate surface area is 142 Å². The van der Waals surface area contributed by atoms with E-state index in [4.69, 9.17) is 11.5 Å². The molecule has 3 aromatic carbocycles. The van der Waals surface area contributed by atoms with Gasteiger partial charge in [-0.15, -0.1) is 0 Å². The van der Waals surface area contributed by atoms with Gasteiger partial charge in [0, 0.05) is 33.6 Å². The Morgan fingerprint density at radius 3 is 1.21 bits per heavy atom. The molecule has 3 aromatic rings. The minimum Gasteiger partial charge on any atom is -0.399 e. The molecule has 2 nitrogen and oxygen atoms in total. The van der Waals surface area contributed by atoms with Gasteiger partial charge in [0.15, 0.2) is 0 Å². The molecule has 0 aliphatic heterocycles. The molecule has 3 rings (SSSR count).